The second-order valence-corrected chi connectivity index (χ2v) is 9.11. The van der Waals surface area contributed by atoms with Gasteiger partial charge in [0, 0.05) is 30.2 Å². The largest absolute Gasteiger partial charge is 0.377 e. The van der Waals surface area contributed by atoms with Crippen LogP contribution in [0.3, 0.4) is 0 Å². The molecule has 1 fully saturated rings. The number of hydrogen-bond donors (Lipinski definition) is 2. The zero-order valence-electron chi connectivity index (χ0n) is 19.5. The number of thiazole rings is 1. The van der Waals surface area contributed by atoms with E-state index >= 15 is 0 Å². The lowest BCUT2D eigenvalue weighted by Crippen LogP contribution is -2.45. The first kappa shape index (κ1) is 26.2. The Morgan fingerprint density at radius 2 is 1.82 bits per heavy atom. The zero-order chi connectivity index (χ0) is 23.9. The third-order valence-electron chi connectivity index (χ3n) is 5.75. The molecule has 0 spiro atoms. The normalized spacial score (nSPS) is 15.1. The topological polar surface area (TPSA) is 112 Å². The van der Waals surface area contributed by atoms with Crippen molar-refractivity contribution in [1.29, 1.82) is 0 Å². The number of nitrogens with one attached hydrogen (secondary N) is 2. The van der Waals surface area contributed by atoms with Crippen LogP contribution in [-0.4, -0.2) is 68.3 Å². The number of anilines is 2. The lowest BCUT2D eigenvalue weighted by Gasteiger charge is -2.35. The summed E-state index contributed by atoms with van der Waals surface area (Å²) in [5.74, 6) is 0.823. The first-order chi connectivity index (χ1) is 16.7. The number of pyridine rings is 1. The van der Waals surface area contributed by atoms with Crippen molar-refractivity contribution in [2.75, 3.05) is 51.5 Å². The van der Waals surface area contributed by atoms with E-state index in [1.165, 1.54) is 11.3 Å². The first-order valence-electron chi connectivity index (χ1n) is 11.8. The van der Waals surface area contributed by atoms with E-state index in [0.29, 0.717) is 52.3 Å². The quantitative estimate of drug-likeness (QED) is 0.273. The van der Waals surface area contributed by atoms with Gasteiger partial charge in [-0.3, -0.25) is 4.79 Å². The molecule has 0 atom stereocenters. The van der Waals surface area contributed by atoms with Gasteiger partial charge in [-0.25, -0.2) is 9.97 Å². The third kappa shape index (κ3) is 8.75. The van der Waals surface area contributed by atoms with Gasteiger partial charge in [0.2, 0.25) is 5.91 Å². The molecule has 34 heavy (non-hydrogen) atoms. The number of aldehydes is 1. The average molecular weight is 491 g/mol. The zero-order valence-corrected chi connectivity index (χ0v) is 20.3. The van der Waals surface area contributed by atoms with Crippen LogP contribution in [0.2, 0.25) is 0 Å². The Labute approximate surface area is 204 Å². The number of carbonyl (C=O) groups is 2. The molecule has 0 radical (unpaired) electrons. The fourth-order valence-electron chi connectivity index (χ4n) is 4.10. The minimum Gasteiger partial charge on any atom is -0.377 e. The monoisotopic (exact) mass is 490 g/mol. The molecule has 2 aromatic heterocycles. The molecule has 1 aliphatic rings. The van der Waals surface area contributed by atoms with Gasteiger partial charge in [0.05, 0.1) is 38.4 Å². The Bertz CT molecular complexity index is 859. The Balaban J connectivity index is 1.42. The number of hydrogen-bond acceptors (Lipinski definition) is 9. The van der Waals surface area contributed by atoms with Crippen molar-refractivity contribution in [2.45, 2.75) is 38.5 Å². The van der Waals surface area contributed by atoms with Gasteiger partial charge < -0.3 is 29.6 Å². The standard InChI is InChI=1S/C24H34N4O5S/c29-11-13-32-15-17-33-16-14-31-12-9-25-22(30)24(7-2-1-3-8-24)19-20-5-4-6-21(27-20)28-23-26-10-18-34-23/h4-6,10-11,18H,1-3,7-9,12-17,19H2,(H,25,30)(H,26,27,28). The summed E-state index contributed by atoms with van der Waals surface area (Å²) in [6, 6.07) is 5.87. The van der Waals surface area contributed by atoms with Gasteiger partial charge in [-0.05, 0) is 25.0 Å². The van der Waals surface area contributed by atoms with Gasteiger partial charge in [-0.1, -0.05) is 25.3 Å². The molecular weight excluding hydrogens is 456 g/mol. The Kier molecular flexibility index (Phi) is 11.4. The summed E-state index contributed by atoms with van der Waals surface area (Å²) in [6.07, 6.45) is 8.08. The van der Waals surface area contributed by atoms with Crippen molar-refractivity contribution in [1.82, 2.24) is 15.3 Å². The van der Waals surface area contributed by atoms with Crippen LogP contribution in [0.5, 0.6) is 0 Å². The number of nitrogens with zero attached hydrogens (tertiary/aromatic N) is 2. The van der Waals surface area contributed by atoms with Gasteiger partial charge >= 0.3 is 0 Å². The summed E-state index contributed by atoms with van der Waals surface area (Å²) in [6.45, 7) is 2.67. The van der Waals surface area contributed by atoms with Crippen LogP contribution < -0.4 is 10.6 Å². The predicted octanol–water partition coefficient (Wildman–Crippen LogP) is 3.14. The summed E-state index contributed by atoms with van der Waals surface area (Å²) < 4.78 is 15.9. The summed E-state index contributed by atoms with van der Waals surface area (Å²) in [5.41, 5.74) is 0.472. The highest BCUT2D eigenvalue weighted by atomic mass is 32.1. The molecule has 0 bridgehead atoms. The van der Waals surface area contributed by atoms with Crippen LogP contribution in [0.4, 0.5) is 10.9 Å². The predicted molar refractivity (Wildman–Crippen MR) is 130 cm³/mol. The van der Waals surface area contributed by atoms with Crippen molar-refractivity contribution in [3.8, 4) is 0 Å². The number of aromatic nitrogens is 2. The van der Waals surface area contributed by atoms with E-state index in [0.717, 1.165) is 48.7 Å². The van der Waals surface area contributed by atoms with Crippen molar-refractivity contribution in [3.05, 3.63) is 35.5 Å². The van der Waals surface area contributed by atoms with E-state index in [2.05, 4.69) is 15.6 Å². The summed E-state index contributed by atoms with van der Waals surface area (Å²) in [7, 11) is 0. The molecule has 2 N–H and O–H groups in total. The lowest BCUT2D eigenvalue weighted by atomic mass is 9.70. The lowest BCUT2D eigenvalue weighted by molar-refractivity contribution is -0.133. The van der Waals surface area contributed by atoms with E-state index in [1.807, 2.05) is 23.6 Å². The Morgan fingerprint density at radius 1 is 1.06 bits per heavy atom. The van der Waals surface area contributed by atoms with Crippen LogP contribution in [0.25, 0.3) is 0 Å². The maximum atomic E-state index is 13.2. The molecular formula is C24H34N4O5S. The number of ether oxygens (including phenoxy) is 3. The number of rotatable bonds is 16. The van der Waals surface area contributed by atoms with Gasteiger partial charge in [-0.2, -0.15) is 0 Å². The first-order valence-corrected chi connectivity index (χ1v) is 12.7. The van der Waals surface area contributed by atoms with Gasteiger partial charge in [0.1, 0.15) is 18.7 Å². The van der Waals surface area contributed by atoms with Crippen molar-refractivity contribution >= 4 is 34.5 Å². The Morgan fingerprint density at radius 3 is 2.56 bits per heavy atom. The van der Waals surface area contributed by atoms with Crippen LogP contribution in [-0.2, 0) is 30.2 Å². The highest BCUT2D eigenvalue weighted by molar-refractivity contribution is 7.13. The minimum absolute atomic E-state index is 0.0828. The van der Waals surface area contributed by atoms with E-state index in [1.54, 1.807) is 6.20 Å². The van der Waals surface area contributed by atoms with E-state index in [4.69, 9.17) is 19.2 Å². The third-order valence-corrected chi connectivity index (χ3v) is 6.44. The number of amides is 1. The summed E-state index contributed by atoms with van der Waals surface area (Å²) in [4.78, 5) is 32.4. The van der Waals surface area contributed by atoms with Crippen LogP contribution in [0.1, 0.15) is 37.8 Å². The summed E-state index contributed by atoms with van der Waals surface area (Å²) >= 11 is 1.52. The molecule has 186 valence electrons. The average Bonchev–Trinajstić information content (AvgIpc) is 3.36. The van der Waals surface area contributed by atoms with Crippen molar-refractivity contribution in [2.24, 2.45) is 5.41 Å². The van der Waals surface area contributed by atoms with Gasteiger partial charge in [0.25, 0.3) is 0 Å². The maximum Gasteiger partial charge on any atom is 0.226 e. The van der Waals surface area contributed by atoms with Crippen molar-refractivity contribution in [3.63, 3.8) is 0 Å². The Hall–Kier alpha value is -2.40. The second kappa shape index (κ2) is 14.8. The fraction of sp³-hybridized carbons (Fsp3) is 0.583. The fourth-order valence-corrected chi connectivity index (χ4v) is 4.63. The maximum absolute atomic E-state index is 13.2. The molecule has 10 heteroatoms. The van der Waals surface area contributed by atoms with Gasteiger partial charge in [-0.15, -0.1) is 11.3 Å². The molecule has 2 aromatic rings. The van der Waals surface area contributed by atoms with Crippen molar-refractivity contribution < 1.29 is 23.8 Å². The minimum atomic E-state index is -0.435. The molecule has 1 amide bonds. The molecule has 0 saturated heterocycles. The van der Waals surface area contributed by atoms with Gasteiger partial charge in [0.15, 0.2) is 5.13 Å². The van der Waals surface area contributed by atoms with Crippen LogP contribution in [0.15, 0.2) is 29.8 Å². The molecule has 0 unspecified atom stereocenters. The summed E-state index contributed by atoms with van der Waals surface area (Å²) in [5, 5.41) is 9.02. The molecule has 1 aliphatic carbocycles. The van der Waals surface area contributed by atoms with E-state index in [-0.39, 0.29) is 12.5 Å². The SMILES string of the molecule is O=CCOCCOCCOCCNC(=O)C1(Cc2cccc(Nc3nccs3)n2)CCCCC1. The molecule has 2 heterocycles. The second-order valence-electron chi connectivity index (χ2n) is 8.22. The van der Waals surface area contributed by atoms with E-state index < -0.39 is 5.41 Å². The van der Waals surface area contributed by atoms with E-state index in [9.17, 15) is 9.59 Å². The molecule has 3 rings (SSSR count). The van der Waals surface area contributed by atoms with Crippen LogP contribution >= 0.6 is 11.3 Å². The highest BCUT2D eigenvalue weighted by Gasteiger charge is 2.39. The molecule has 1 saturated carbocycles. The van der Waals surface area contributed by atoms with Crippen LogP contribution in [0, 0.1) is 5.41 Å². The molecule has 9 nitrogen and oxygen atoms in total. The number of carbonyl (C=O) groups excluding carboxylic acids is 2. The highest BCUT2D eigenvalue weighted by Crippen LogP contribution is 2.39. The smallest absolute Gasteiger partial charge is 0.226 e. The molecule has 0 aromatic carbocycles. The molecule has 0 aliphatic heterocycles.